The largest absolute Gasteiger partial charge is 0.312 e. The van der Waals surface area contributed by atoms with Crippen molar-refractivity contribution in [3.63, 3.8) is 0 Å². The Bertz CT molecular complexity index is 874. The minimum Gasteiger partial charge on any atom is -0.312 e. The van der Waals surface area contributed by atoms with E-state index in [0.717, 1.165) is 28.8 Å². The number of fused-ring (bicyclic) bond motifs is 1. The van der Waals surface area contributed by atoms with Gasteiger partial charge in [-0.2, -0.15) is 0 Å². The highest BCUT2D eigenvalue weighted by Gasteiger charge is 2.23. The Morgan fingerprint density at radius 3 is 2.54 bits per heavy atom. The average molecular weight is 344 g/mol. The lowest BCUT2D eigenvalue weighted by Gasteiger charge is -2.16. The van der Waals surface area contributed by atoms with Crippen LogP contribution in [0.25, 0.3) is 0 Å². The summed E-state index contributed by atoms with van der Waals surface area (Å²) in [4.78, 5) is 13.3. The van der Waals surface area contributed by atoms with E-state index in [1.54, 1.807) is 17.0 Å². The molecule has 0 unspecified atom stereocenters. The minimum atomic E-state index is -3.51. The average Bonchev–Trinajstić information content (AvgIpc) is 2.92. The zero-order valence-electron chi connectivity index (χ0n) is 13.7. The standard InChI is InChI=1S/C18H20N2O3S/c1-13-3-5-15(6-4-13)12-24(22,23)19-17-8-7-16-9-10-20(14(2)21)18(16)11-17/h3-8,11,19H,9-10,12H2,1-2H3. The van der Waals surface area contributed by atoms with Crippen molar-refractivity contribution in [1.29, 1.82) is 0 Å². The molecule has 1 heterocycles. The van der Waals surface area contributed by atoms with Gasteiger partial charge in [-0.15, -0.1) is 0 Å². The van der Waals surface area contributed by atoms with Crippen LogP contribution >= 0.6 is 0 Å². The Morgan fingerprint density at radius 2 is 1.88 bits per heavy atom. The monoisotopic (exact) mass is 344 g/mol. The second kappa shape index (κ2) is 6.28. The molecule has 1 N–H and O–H groups in total. The predicted molar refractivity (Wildman–Crippen MR) is 95.6 cm³/mol. The fourth-order valence-electron chi connectivity index (χ4n) is 2.89. The highest BCUT2D eigenvalue weighted by atomic mass is 32.2. The van der Waals surface area contributed by atoms with Gasteiger partial charge >= 0.3 is 0 Å². The summed E-state index contributed by atoms with van der Waals surface area (Å²) < 4.78 is 27.4. The molecular formula is C18H20N2O3S. The van der Waals surface area contributed by atoms with Crippen LogP contribution in [0.5, 0.6) is 0 Å². The molecular weight excluding hydrogens is 324 g/mol. The zero-order chi connectivity index (χ0) is 17.3. The number of carbonyl (C=O) groups is 1. The van der Waals surface area contributed by atoms with Gasteiger partial charge in [-0.25, -0.2) is 8.42 Å². The predicted octanol–water partition coefficient (Wildman–Crippen LogP) is 2.85. The van der Waals surface area contributed by atoms with Crippen LogP contribution in [0.4, 0.5) is 11.4 Å². The number of carbonyl (C=O) groups excluding carboxylic acids is 1. The Balaban J connectivity index is 1.79. The molecule has 0 fully saturated rings. The van der Waals surface area contributed by atoms with Crippen molar-refractivity contribution in [2.24, 2.45) is 0 Å². The van der Waals surface area contributed by atoms with Gasteiger partial charge in [0.15, 0.2) is 0 Å². The molecule has 2 aromatic carbocycles. The van der Waals surface area contributed by atoms with Crippen LogP contribution in [0.3, 0.4) is 0 Å². The summed E-state index contributed by atoms with van der Waals surface area (Å²) in [6.07, 6.45) is 0.797. The first kappa shape index (κ1) is 16.5. The molecule has 0 saturated heterocycles. The molecule has 2 aromatic rings. The molecule has 1 aliphatic rings. The van der Waals surface area contributed by atoms with Crippen LogP contribution in [0.1, 0.15) is 23.6 Å². The van der Waals surface area contributed by atoms with Crippen LogP contribution in [0.15, 0.2) is 42.5 Å². The van der Waals surface area contributed by atoms with Gasteiger partial charge in [0.2, 0.25) is 15.9 Å². The SMILES string of the molecule is CC(=O)N1CCc2ccc(NS(=O)(=O)Cc3ccc(C)cc3)cc21. The highest BCUT2D eigenvalue weighted by Crippen LogP contribution is 2.31. The third kappa shape index (κ3) is 3.59. The molecule has 0 spiro atoms. The van der Waals surface area contributed by atoms with Crippen LogP contribution in [-0.4, -0.2) is 20.9 Å². The van der Waals surface area contributed by atoms with E-state index in [-0.39, 0.29) is 11.7 Å². The van der Waals surface area contributed by atoms with Crippen molar-refractivity contribution in [2.75, 3.05) is 16.2 Å². The second-order valence-electron chi connectivity index (χ2n) is 6.11. The smallest absolute Gasteiger partial charge is 0.236 e. The van der Waals surface area contributed by atoms with Gasteiger partial charge in [0.05, 0.1) is 11.4 Å². The van der Waals surface area contributed by atoms with Gasteiger partial charge in [-0.3, -0.25) is 9.52 Å². The second-order valence-corrected chi connectivity index (χ2v) is 7.83. The summed E-state index contributed by atoms with van der Waals surface area (Å²) in [6, 6.07) is 12.8. The quantitative estimate of drug-likeness (QED) is 0.927. The summed E-state index contributed by atoms with van der Waals surface area (Å²) in [5, 5.41) is 0. The van der Waals surface area contributed by atoms with Gasteiger partial charge in [0.1, 0.15) is 0 Å². The van der Waals surface area contributed by atoms with Crippen molar-refractivity contribution in [2.45, 2.75) is 26.0 Å². The van der Waals surface area contributed by atoms with E-state index in [2.05, 4.69) is 4.72 Å². The lowest BCUT2D eigenvalue weighted by Crippen LogP contribution is -2.25. The fraction of sp³-hybridized carbons (Fsp3) is 0.278. The number of sulfonamides is 1. The van der Waals surface area contributed by atoms with Crippen molar-refractivity contribution in [3.8, 4) is 0 Å². The van der Waals surface area contributed by atoms with Crippen LogP contribution in [0.2, 0.25) is 0 Å². The van der Waals surface area contributed by atoms with E-state index >= 15 is 0 Å². The van der Waals surface area contributed by atoms with E-state index in [4.69, 9.17) is 0 Å². The third-order valence-corrected chi connectivity index (χ3v) is 5.37. The van der Waals surface area contributed by atoms with Gasteiger partial charge in [-0.05, 0) is 36.6 Å². The first-order valence-corrected chi connectivity index (χ1v) is 9.46. The van der Waals surface area contributed by atoms with E-state index in [9.17, 15) is 13.2 Å². The Hall–Kier alpha value is -2.34. The van der Waals surface area contributed by atoms with Crippen molar-refractivity contribution >= 4 is 27.3 Å². The summed E-state index contributed by atoms with van der Waals surface area (Å²) in [7, 11) is -3.51. The zero-order valence-corrected chi connectivity index (χ0v) is 14.6. The number of amides is 1. The molecule has 5 nitrogen and oxygen atoms in total. The van der Waals surface area contributed by atoms with E-state index in [1.165, 1.54) is 6.92 Å². The molecule has 3 rings (SSSR count). The Morgan fingerprint density at radius 1 is 1.17 bits per heavy atom. The number of nitrogens with one attached hydrogen (secondary N) is 1. The molecule has 1 amide bonds. The lowest BCUT2D eigenvalue weighted by molar-refractivity contribution is -0.116. The minimum absolute atomic E-state index is 0.0339. The molecule has 0 aromatic heterocycles. The van der Waals surface area contributed by atoms with E-state index < -0.39 is 10.0 Å². The maximum atomic E-state index is 12.4. The van der Waals surface area contributed by atoms with Gasteiger partial charge < -0.3 is 4.90 Å². The molecule has 0 aliphatic carbocycles. The van der Waals surface area contributed by atoms with Crippen molar-refractivity contribution in [3.05, 3.63) is 59.2 Å². The summed E-state index contributed by atoms with van der Waals surface area (Å²) >= 11 is 0. The Kier molecular flexibility index (Phi) is 4.32. The number of aryl methyl sites for hydroxylation is 1. The first-order chi connectivity index (χ1) is 11.3. The molecule has 126 valence electrons. The van der Waals surface area contributed by atoms with Gasteiger partial charge in [0.25, 0.3) is 0 Å². The summed E-state index contributed by atoms with van der Waals surface area (Å²) in [6.45, 7) is 4.12. The molecule has 0 atom stereocenters. The first-order valence-electron chi connectivity index (χ1n) is 7.81. The van der Waals surface area contributed by atoms with Crippen LogP contribution in [-0.2, 0) is 27.0 Å². The summed E-state index contributed by atoms with van der Waals surface area (Å²) in [5.74, 6) is -0.116. The summed E-state index contributed by atoms with van der Waals surface area (Å²) in [5.41, 5.74) is 4.16. The van der Waals surface area contributed by atoms with Gasteiger partial charge in [0, 0.05) is 19.2 Å². The topological polar surface area (TPSA) is 66.5 Å². The highest BCUT2D eigenvalue weighted by molar-refractivity contribution is 7.91. The Labute approximate surface area is 142 Å². The number of anilines is 2. The number of hydrogen-bond donors (Lipinski definition) is 1. The molecule has 0 saturated carbocycles. The van der Waals surface area contributed by atoms with E-state index in [0.29, 0.717) is 12.2 Å². The number of rotatable bonds is 4. The third-order valence-electron chi connectivity index (χ3n) is 4.11. The normalized spacial score (nSPS) is 13.7. The number of nitrogens with zero attached hydrogens (tertiary/aromatic N) is 1. The van der Waals surface area contributed by atoms with Crippen LogP contribution < -0.4 is 9.62 Å². The number of hydrogen-bond acceptors (Lipinski definition) is 3. The van der Waals surface area contributed by atoms with Crippen molar-refractivity contribution in [1.82, 2.24) is 0 Å². The fourth-order valence-corrected chi connectivity index (χ4v) is 4.08. The molecule has 0 bridgehead atoms. The lowest BCUT2D eigenvalue weighted by atomic mass is 10.1. The van der Waals surface area contributed by atoms with Crippen LogP contribution in [0, 0.1) is 6.92 Å². The van der Waals surface area contributed by atoms with Crippen molar-refractivity contribution < 1.29 is 13.2 Å². The molecule has 0 radical (unpaired) electrons. The molecule has 24 heavy (non-hydrogen) atoms. The molecule has 6 heteroatoms. The van der Waals surface area contributed by atoms with E-state index in [1.807, 2.05) is 37.3 Å². The maximum absolute atomic E-state index is 12.4. The maximum Gasteiger partial charge on any atom is 0.236 e. The van der Waals surface area contributed by atoms with Gasteiger partial charge in [-0.1, -0.05) is 35.9 Å². The molecule has 1 aliphatic heterocycles. The number of benzene rings is 2.